The van der Waals surface area contributed by atoms with Gasteiger partial charge in [-0.15, -0.1) is 0 Å². The number of piperazine rings is 1. The fraction of sp³-hybridized carbons (Fsp3) is 0.386. The number of nitrogens with one attached hydrogen (secondary N) is 4. The minimum Gasteiger partial charge on any atom is -0.494 e. The van der Waals surface area contributed by atoms with E-state index in [4.69, 9.17) is 16.3 Å². The van der Waals surface area contributed by atoms with E-state index in [1.165, 1.54) is 12.3 Å². The fourth-order valence-electron chi connectivity index (χ4n) is 8.59. The van der Waals surface area contributed by atoms with E-state index in [9.17, 15) is 32.4 Å². The Bertz CT molecular complexity index is 2610. The van der Waals surface area contributed by atoms with E-state index in [1.54, 1.807) is 62.3 Å². The zero-order chi connectivity index (χ0) is 45.3. The number of halogens is 1. The topological polar surface area (TPSA) is 216 Å². The summed E-state index contributed by atoms with van der Waals surface area (Å²) in [6, 6.07) is 16.6. The maximum absolute atomic E-state index is 13.5. The maximum Gasteiger partial charge on any atom is 0.264 e. The molecule has 4 aliphatic heterocycles. The van der Waals surface area contributed by atoms with Crippen LogP contribution >= 0.6 is 11.6 Å². The number of carbonyl (C=O) groups is 5. The van der Waals surface area contributed by atoms with Crippen LogP contribution in [0, 0.1) is 0 Å². The van der Waals surface area contributed by atoms with E-state index < -0.39 is 44.8 Å². The SMILES string of the molecule is COc1cc(N2CCC(N3CCN(C(=O)CNc4cccc5c4C(=O)N(C4CCC(=O)NC4=O)C5=O)CC3)CC2)ccc1Nc1ncc(Cl)c(Nc2ccccc2S(=O)(=O)C(C)C)n1. The van der Waals surface area contributed by atoms with Gasteiger partial charge in [-0.25, -0.2) is 13.4 Å². The fourth-order valence-corrected chi connectivity index (χ4v) is 9.93. The summed E-state index contributed by atoms with van der Waals surface area (Å²) in [5, 5.41) is 11.1. The van der Waals surface area contributed by atoms with E-state index in [0.29, 0.717) is 41.9 Å². The minimum absolute atomic E-state index is 0.0283. The second-order valence-electron chi connectivity index (χ2n) is 16.3. The van der Waals surface area contributed by atoms with Gasteiger partial charge in [0.25, 0.3) is 11.8 Å². The average molecular weight is 913 g/mol. The number of ether oxygens (including phenoxy) is 1. The van der Waals surface area contributed by atoms with Crippen LogP contribution in [0.1, 0.15) is 60.2 Å². The first-order valence-corrected chi connectivity index (χ1v) is 23.1. The van der Waals surface area contributed by atoms with Crippen LogP contribution in [0.4, 0.5) is 34.5 Å². The van der Waals surface area contributed by atoms with Gasteiger partial charge in [-0.3, -0.25) is 39.1 Å². The van der Waals surface area contributed by atoms with Crippen LogP contribution in [0.25, 0.3) is 0 Å². The first-order chi connectivity index (χ1) is 30.7. The molecule has 1 aromatic heterocycles. The molecule has 3 saturated heterocycles. The van der Waals surface area contributed by atoms with Crippen LogP contribution in [-0.2, 0) is 24.2 Å². The summed E-state index contributed by atoms with van der Waals surface area (Å²) >= 11 is 6.45. The van der Waals surface area contributed by atoms with Crippen LogP contribution in [0.5, 0.6) is 5.75 Å². The van der Waals surface area contributed by atoms with Crippen molar-refractivity contribution in [2.24, 2.45) is 0 Å². The lowest BCUT2D eigenvalue weighted by Gasteiger charge is -2.43. The Hall–Kier alpha value is -6.31. The van der Waals surface area contributed by atoms with Crippen molar-refractivity contribution < 1.29 is 37.1 Å². The molecule has 4 N–H and O–H groups in total. The molecule has 0 bridgehead atoms. The largest absolute Gasteiger partial charge is 0.494 e. The third-order valence-corrected chi connectivity index (χ3v) is 14.6. The van der Waals surface area contributed by atoms with Crippen molar-refractivity contribution in [1.82, 2.24) is 30.0 Å². The van der Waals surface area contributed by atoms with Crippen molar-refractivity contribution in [1.29, 1.82) is 0 Å². The van der Waals surface area contributed by atoms with Gasteiger partial charge in [-0.05, 0) is 69.5 Å². The van der Waals surface area contributed by atoms with Crippen molar-refractivity contribution in [3.8, 4) is 5.75 Å². The number of aromatic nitrogens is 2. The normalized spacial score (nSPS) is 18.6. The number of benzene rings is 3. The van der Waals surface area contributed by atoms with Gasteiger partial charge >= 0.3 is 0 Å². The van der Waals surface area contributed by atoms with Gasteiger partial charge in [0.2, 0.25) is 23.7 Å². The molecule has 5 heterocycles. The molecule has 20 heteroatoms. The molecule has 4 aromatic rings. The van der Waals surface area contributed by atoms with Crippen LogP contribution in [0.3, 0.4) is 0 Å². The summed E-state index contributed by atoms with van der Waals surface area (Å²) in [6.45, 7) is 7.42. The van der Waals surface area contributed by atoms with Crippen LogP contribution in [0.2, 0.25) is 5.02 Å². The highest BCUT2D eigenvalue weighted by atomic mass is 35.5. The second kappa shape index (κ2) is 18.4. The molecule has 0 saturated carbocycles. The van der Waals surface area contributed by atoms with E-state index >= 15 is 0 Å². The van der Waals surface area contributed by atoms with Gasteiger partial charge in [0.15, 0.2) is 15.7 Å². The Morgan fingerprint density at radius 1 is 0.891 bits per heavy atom. The summed E-state index contributed by atoms with van der Waals surface area (Å²) in [4.78, 5) is 80.7. The molecule has 1 unspecified atom stereocenters. The number of hydrogen-bond acceptors (Lipinski definition) is 15. The monoisotopic (exact) mass is 912 g/mol. The number of carbonyl (C=O) groups excluding carboxylic acids is 5. The predicted molar refractivity (Wildman–Crippen MR) is 240 cm³/mol. The van der Waals surface area contributed by atoms with Gasteiger partial charge in [0.1, 0.15) is 16.8 Å². The lowest BCUT2D eigenvalue weighted by molar-refractivity contribution is -0.136. The van der Waals surface area contributed by atoms with Crippen molar-refractivity contribution in [2.75, 3.05) is 73.8 Å². The molecule has 0 radical (unpaired) electrons. The molecule has 64 heavy (non-hydrogen) atoms. The number of para-hydroxylation sites is 1. The number of anilines is 6. The number of nitrogens with zero attached hydrogens (tertiary/aromatic N) is 6. The maximum atomic E-state index is 13.5. The molecule has 0 spiro atoms. The number of methoxy groups -OCH3 is 1. The van der Waals surface area contributed by atoms with Gasteiger partial charge < -0.3 is 30.5 Å². The van der Waals surface area contributed by atoms with Crippen molar-refractivity contribution in [3.05, 3.63) is 83.0 Å². The lowest BCUT2D eigenvalue weighted by atomic mass is 10.0. The van der Waals surface area contributed by atoms with Gasteiger partial charge in [0, 0.05) is 69.2 Å². The summed E-state index contributed by atoms with van der Waals surface area (Å²) in [5.41, 5.74) is 2.60. The Balaban J connectivity index is 0.824. The Morgan fingerprint density at radius 2 is 1.62 bits per heavy atom. The molecule has 5 amide bonds. The number of imide groups is 2. The van der Waals surface area contributed by atoms with Crippen molar-refractivity contribution in [2.45, 2.75) is 61.8 Å². The smallest absolute Gasteiger partial charge is 0.264 e. The highest BCUT2D eigenvalue weighted by Gasteiger charge is 2.45. The number of piperidine rings is 2. The number of fused-ring (bicyclic) bond motifs is 1. The summed E-state index contributed by atoms with van der Waals surface area (Å²) in [5.74, 6) is -1.43. The predicted octanol–water partition coefficient (Wildman–Crippen LogP) is 4.43. The zero-order valence-corrected chi connectivity index (χ0v) is 37.2. The molecule has 0 aliphatic carbocycles. The Morgan fingerprint density at radius 3 is 2.34 bits per heavy atom. The van der Waals surface area contributed by atoms with E-state index in [0.717, 1.165) is 49.6 Å². The van der Waals surface area contributed by atoms with Gasteiger partial charge in [0.05, 0.1) is 52.5 Å². The number of hydrogen-bond donors (Lipinski definition) is 4. The third kappa shape index (κ3) is 8.91. The third-order valence-electron chi connectivity index (χ3n) is 12.2. The van der Waals surface area contributed by atoms with Crippen LogP contribution in [-0.4, -0.2) is 133 Å². The molecular formula is C44H49ClN10O8S. The number of sulfone groups is 1. The first-order valence-electron chi connectivity index (χ1n) is 21.2. The zero-order valence-electron chi connectivity index (χ0n) is 35.6. The molecule has 4 aliphatic rings. The molecule has 18 nitrogen and oxygen atoms in total. The standard InChI is InChI=1S/C44H49ClN10O8S/c1-26(2)64(61,62)36-10-5-4-8-32(36)48-40-30(45)24-47-44(51-40)49-31-12-11-28(23-35(31)63-3)52-17-15-27(16-18-52)53-19-21-54(22-20-53)38(57)25-46-33-9-6-7-29-39(33)43(60)55(42(29)59)34-13-14-37(56)50-41(34)58/h4-12,23-24,26-27,34,46H,13-22,25H2,1-3H3,(H,50,56,58)(H2,47,48,49,51). The summed E-state index contributed by atoms with van der Waals surface area (Å²) < 4.78 is 31.8. The van der Waals surface area contributed by atoms with E-state index in [2.05, 4.69) is 41.0 Å². The first kappa shape index (κ1) is 44.3. The quantitative estimate of drug-likeness (QED) is 0.137. The number of amides is 5. The van der Waals surface area contributed by atoms with E-state index in [1.807, 2.05) is 18.2 Å². The van der Waals surface area contributed by atoms with Gasteiger partial charge in [-0.1, -0.05) is 29.8 Å². The molecule has 336 valence electrons. The highest BCUT2D eigenvalue weighted by Crippen LogP contribution is 2.36. The molecule has 8 rings (SSSR count). The molecular weight excluding hydrogens is 864 g/mol. The summed E-state index contributed by atoms with van der Waals surface area (Å²) in [6.07, 6.45) is 3.40. The van der Waals surface area contributed by atoms with Gasteiger partial charge in [-0.2, -0.15) is 4.98 Å². The van der Waals surface area contributed by atoms with Crippen LogP contribution in [0.15, 0.2) is 71.8 Å². The van der Waals surface area contributed by atoms with Crippen molar-refractivity contribution in [3.63, 3.8) is 0 Å². The number of rotatable bonds is 13. The minimum atomic E-state index is -3.58. The second-order valence-corrected chi connectivity index (χ2v) is 19.2. The van der Waals surface area contributed by atoms with E-state index in [-0.39, 0.29) is 58.1 Å². The molecule has 3 fully saturated rings. The van der Waals surface area contributed by atoms with Crippen LogP contribution < -0.4 is 30.9 Å². The Kier molecular flexibility index (Phi) is 12.8. The molecule has 1 atom stereocenters. The Labute approximate surface area is 375 Å². The summed E-state index contributed by atoms with van der Waals surface area (Å²) in [7, 11) is -1.99. The highest BCUT2D eigenvalue weighted by molar-refractivity contribution is 7.92. The average Bonchev–Trinajstić information content (AvgIpc) is 3.55. The lowest BCUT2D eigenvalue weighted by Crippen LogP contribution is -2.55. The molecule has 3 aromatic carbocycles. The van der Waals surface area contributed by atoms with Crippen molar-refractivity contribution >= 4 is 85.5 Å².